The molecule has 1 aromatic carbocycles. The van der Waals surface area contributed by atoms with Gasteiger partial charge in [0.05, 0.1) is 0 Å². The van der Waals surface area contributed by atoms with Crippen LogP contribution in [-0.4, -0.2) is 36.5 Å². The summed E-state index contributed by atoms with van der Waals surface area (Å²) in [6, 6.07) is 6.46. The van der Waals surface area contributed by atoms with Crippen molar-refractivity contribution in [1.82, 2.24) is 10.2 Å². The van der Waals surface area contributed by atoms with E-state index >= 15 is 0 Å². The van der Waals surface area contributed by atoms with Crippen molar-refractivity contribution >= 4 is 11.6 Å². The third-order valence-corrected chi connectivity index (χ3v) is 3.87. The summed E-state index contributed by atoms with van der Waals surface area (Å²) in [6.07, 6.45) is 2.57. The Bertz CT molecular complexity index is 468. The van der Waals surface area contributed by atoms with Gasteiger partial charge in [0.25, 0.3) is 5.91 Å². The highest BCUT2D eigenvalue weighted by Crippen LogP contribution is 2.26. The van der Waals surface area contributed by atoms with Gasteiger partial charge in [0.2, 0.25) is 0 Å². The monoisotopic (exact) mass is 261 g/mol. The summed E-state index contributed by atoms with van der Waals surface area (Å²) < 4.78 is 0. The van der Waals surface area contributed by atoms with Crippen molar-refractivity contribution in [2.45, 2.75) is 38.8 Å². The number of aryl methyl sites for hydroxylation is 1. The molecule has 1 fully saturated rings. The van der Waals surface area contributed by atoms with Crippen molar-refractivity contribution in [2.75, 3.05) is 19.3 Å². The van der Waals surface area contributed by atoms with Crippen molar-refractivity contribution in [3.05, 3.63) is 29.3 Å². The number of carbonyl (C=O) groups excluding carboxylic acids is 1. The van der Waals surface area contributed by atoms with E-state index < -0.39 is 0 Å². The van der Waals surface area contributed by atoms with E-state index in [4.69, 9.17) is 5.73 Å². The number of nitrogens with two attached hydrogens (primary N) is 1. The van der Waals surface area contributed by atoms with Gasteiger partial charge in [-0.2, -0.15) is 0 Å². The molecule has 1 aliphatic rings. The molecule has 2 rings (SSSR count). The van der Waals surface area contributed by atoms with Gasteiger partial charge in [0.15, 0.2) is 0 Å². The Morgan fingerprint density at radius 3 is 2.79 bits per heavy atom. The summed E-state index contributed by atoms with van der Waals surface area (Å²) in [7, 11) is 2.13. The van der Waals surface area contributed by atoms with Crippen LogP contribution in [0.4, 0.5) is 5.69 Å². The maximum absolute atomic E-state index is 12.1. The van der Waals surface area contributed by atoms with Crippen LogP contribution in [0.2, 0.25) is 0 Å². The number of amides is 1. The Hall–Kier alpha value is -1.55. The predicted molar refractivity (Wildman–Crippen MR) is 78.2 cm³/mol. The molecule has 1 aromatic rings. The molecule has 19 heavy (non-hydrogen) atoms. The quantitative estimate of drug-likeness (QED) is 0.794. The number of carbonyl (C=O) groups is 1. The number of benzene rings is 1. The summed E-state index contributed by atoms with van der Waals surface area (Å²) in [5.74, 6) is -0.0199. The van der Waals surface area contributed by atoms with Crippen LogP contribution >= 0.6 is 0 Å². The molecule has 3 N–H and O–H groups in total. The standard InChI is InChI=1S/C15H23N3O/c1-10-8-12(16)4-7-14(10)15(19)17-9-11(2)18(3)13-5-6-13/h4,7-8,11,13H,5-6,9,16H2,1-3H3,(H,17,19). The zero-order valence-electron chi connectivity index (χ0n) is 11.9. The molecule has 0 aliphatic heterocycles. The number of hydrogen-bond acceptors (Lipinski definition) is 3. The Labute approximate surface area is 115 Å². The highest BCUT2D eigenvalue weighted by Gasteiger charge is 2.29. The fraction of sp³-hybridized carbons (Fsp3) is 0.533. The molecule has 1 amide bonds. The van der Waals surface area contributed by atoms with Gasteiger partial charge in [-0.05, 0) is 57.5 Å². The number of anilines is 1. The molecule has 0 spiro atoms. The highest BCUT2D eigenvalue weighted by molar-refractivity contribution is 5.96. The van der Waals surface area contributed by atoms with Crippen LogP contribution in [0, 0.1) is 6.92 Å². The minimum atomic E-state index is -0.0199. The minimum Gasteiger partial charge on any atom is -0.399 e. The number of nitrogens with one attached hydrogen (secondary N) is 1. The van der Waals surface area contributed by atoms with Crippen molar-refractivity contribution in [3.63, 3.8) is 0 Å². The van der Waals surface area contributed by atoms with Crippen LogP contribution in [0.5, 0.6) is 0 Å². The van der Waals surface area contributed by atoms with E-state index in [0.29, 0.717) is 29.9 Å². The molecule has 1 unspecified atom stereocenters. The molecule has 4 heteroatoms. The largest absolute Gasteiger partial charge is 0.399 e. The van der Waals surface area contributed by atoms with Gasteiger partial charge >= 0.3 is 0 Å². The van der Waals surface area contributed by atoms with Gasteiger partial charge in [0, 0.05) is 29.9 Å². The molecule has 1 aliphatic carbocycles. The zero-order chi connectivity index (χ0) is 14.0. The number of rotatable bonds is 5. The Kier molecular flexibility index (Phi) is 4.10. The fourth-order valence-electron chi connectivity index (χ4n) is 2.26. The minimum absolute atomic E-state index is 0.0199. The van der Waals surface area contributed by atoms with Crippen molar-refractivity contribution in [2.24, 2.45) is 0 Å². The van der Waals surface area contributed by atoms with E-state index in [1.807, 2.05) is 13.0 Å². The smallest absolute Gasteiger partial charge is 0.251 e. The average Bonchev–Trinajstić information content (AvgIpc) is 3.18. The topological polar surface area (TPSA) is 58.4 Å². The van der Waals surface area contributed by atoms with Crippen molar-refractivity contribution in [1.29, 1.82) is 0 Å². The Balaban J connectivity index is 1.89. The number of hydrogen-bond donors (Lipinski definition) is 2. The third-order valence-electron chi connectivity index (χ3n) is 3.87. The summed E-state index contributed by atoms with van der Waals surface area (Å²) in [6.45, 7) is 4.73. The first-order chi connectivity index (χ1) is 8.99. The molecule has 0 saturated heterocycles. The zero-order valence-corrected chi connectivity index (χ0v) is 11.9. The van der Waals surface area contributed by atoms with Crippen LogP contribution < -0.4 is 11.1 Å². The normalized spacial score (nSPS) is 16.4. The fourth-order valence-corrected chi connectivity index (χ4v) is 2.26. The average molecular weight is 261 g/mol. The first-order valence-corrected chi connectivity index (χ1v) is 6.85. The van der Waals surface area contributed by atoms with Gasteiger partial charge in [-0.15, -0.1) is 0 Å². The van der Waals surface area contributed by atoms with Crippen LogP contribution in [0.15, 0.2) is 18.2 Å². The molecule has 4 nitrogen and oxygen atoms in total. The molecule has 0 bridgehead atoms. The lowest BCUT2D eigenvalue weighted by Crippen LogP contribution is -2.41. The van der Waals surface area contributed by atoms with Crippen LogP contribution in [0.3, 0.4) is 0 Å². The second-order valence-electron chi connectivity index (χ2n) is 5.53. The lowest BCUT2D eigenvalue weighted by molar-refractivity contribution is 0.0939. The number of nitrogens with zero attached hydrogens (tertiary/aromatic N) is 1. The second-order valence-corrected chi connectivity index (χ2v) is 5.53. The van der Waals surface area contributed by atoms with E-state index in [9.17, 15) is 4.79 Å². The van der Waals surface area contributed by atoms with Crippen LogP contribution in [0.1, 0.15) is 35.7 Å². The molecule has 104 valence electrons. The molecule has 0 heterocycles. The van der Waals surface area contributed by atoms with Crippen LogP contribution in [-0.2, 0) is 0 Å². The lowest BCUT2D eigenvalue weighted by Gasteiger charge is -2.24. The summed E-state index contributed by atoms with van der Waals surface area (Å²) >= 11 is 0. The molecular weight excluding hydrogens is 238 g/mol. The van der Waals surface area contributed by atoms with Crippen LogP contribution in [0.25, 0.3) is 0 Å². The van der Waals surface area contributed by atoms with Gasteiger partial charge in [-0.25, -0.2) is 0 Å². The maximum atomic E-state index is 12.1. The highest BCUT2D eigenvalue weighted by atomic mass is 16.1. The van der Waals surface area contributed by atoms with Crippen molar-refractivity contribution in [3.8, 4) is 0 Å². The molecule has 1 saturated carbocycles. The van der Waals surface area contributed by atoms with Crippen molar-refractivity contribution < 1.29 is 4.79 Å². The molecule has 0 aromatic heterocycles. The third kappa shape index (κ3) is 3.47. The van der Waals surface area contributed by atoms with Gasteiger partial charge in [0.1, 0.15) is 0 Å². The number of likely N-dealkylation sites (N-methyl/N-ethyl adjacent to an activating group) is 1. The summed E-state index contributed by atoms with van der Waals surface area (Å²) in [5, 5.41) is 3.00. The molecular formula is C15H23N3O. The first kappa shape index (κ1) is 13.9. The second kappa shape index (κ2) is 5.61. The van der Waals surface area contributed by atoms with E-state index in [-0.39, 0.29) is 5.91 Å². The van der Waals surface area contributed by atoms with E-state index in [1.165, 1.54) is 12.8 Å². The van der Waals surface area contributed by atoms with E-state index in [1.54, 1.807) is 12.1 Å². The Morgan fingerprint density at radius 1 is 1.53 bits per heavy atom. The lowest BCUT2D eigenvalue weighted by atomic mass is 10.1. The molecule has 1 atom stereocenters. The maximum Gasteiger partial charge on any atom is 0.251 e. The van der Waals surface area contributed by atoms with Gasteiger partial charge < -0.3 is 11.1 Å². The Morgan fingerprint density at radius 2 is 2.21 bits per heavy atom. The first-order valence-electron chi connectivity index (χ1n) is 6.85. The number of nitrogen functional groups attached to an aromatic ring is 1. The SMILES string of the molecule is Cc1cc(N)ccc1C(=O)NCC(C)N(C)C1CC1. The molecule has 0 radical (unpaired) electrons. The predicted octanol–water partition coefficient (Wildman–Crippen LogP) is 1.79. The summed E-state index contributed by atoms with van der Waals surface area (Å²) in [5.41, 5.74) is 8.00. The van der Waals surface area contributed by atoms with Gasteiger partial charge in [-0.3, -0.25) is 9.69 Å². The van der Waals surface area contributed by atoms with Gasteiger partial charge in [-0.1, -0.05) is 0 Å². The van der Waals surface area contributed by atoms with E-state index in [0.717, 1.165) is 5.56 Å². The summed E-state index contributed by atoms with van der Waals surface area (Å²) in [4.78, 5) is 14.5. The van der Waals surface area contributed by atoms with E-state index in [2.05, 4.69) is 24.2 Å².